The predicted molar refractivity (Wildman–Crippen MR) is 65.7 cm³/mol. The number of carboxylic acids is 1. The molecule has 0 saturated heterocycles. The van der Waals surface area contributed by atoms with Gasteiger partial charge in [-0.3, -0.25) is 4.79 Å². The van der Waals surface area contributed by atoms with Crippen LogP contribution in [0.2, 0.25) is 0 Å². The largest absolute Gasteiger partial charge is 0.480 e. The van der Waals surface area contributed by atoms with Crippen molar-refractivity contribution in [3.63, 3.8) is 0 Å². The lowest BCUT2D eigenvalue weighted by Gasteiger charge is -2.14. The van der Waals surface area contributed by atoms with Crippen LogP contribution in [0.4, 0.5) is 0 Å². The van der Waals surface area contributed by atoms with Gasteiger partial charge in [0.15, 0.2) is 0 Å². The van der Waals surface area contributed by atoms with Gasteiger partial charge in [0.2, 0.25) is 5.91 Å². The Morgan fingerprint density at radius 3 is 2.44 bits per heavy atom. The van der Waals surface area contributed by atoms with Gasteiger partial charge in [-0.15, -0.1) is 6.58 Å². The highest BCUT2D eigenvalue weighted by molar-refractivity contribution is 5.87. The Kier molecular flexibility index (Phi) is 2.68. The zero-order valence-corrected chi connectivity index (χ0v) is 10.3. The molecule has 3 aliphatic carbocycles. The van der Waals surface area contributed by atoms with Crippen molar-refractivity contribution in [1.29, 1.82) is 0 Å². The number of carbonyl (C=O) groups is 2. The second-order valence-electron chi connectivity index (χ2n) is 5.94. The maximum atomic E-state index is 12.1. The molecule has 0 aromatic rings. The standard InChI is InChI=1S/C14H19NO3/c1-2-3-9(14(17)18)15-13(16)12-10-7-4-5-8(6-7)11(10)12/h2,7-12H,1,3-6H2,(H,15,16)(H,17,18). The summed E-state index contributed by atoms with van der Waals surface area (Å²) in [6.45, 7) is 3.53. The number of nitrogens with one attached hydrogen (secondary N) is 1. The third-order valence-corrected chi connectivity index (χ3v) is 5.06. The quantitative estimate of drug-likeness (QED) is 0.724. The van der Waals surface area contributed by atoms with Crippen LogP contribution in [0.15, 0.2) is 12.7 Å². The first-order valence-electron chi connectivity index (χ1n) is 6.77. The molecule has 2 N–H and O–H groups in total. The van der Waals surface area contributed by atoms with Crippen molar-refractivity contribution < 1.29 is 14.7 Å². The number of carbonyl (C=O) groups excluding carboxylic acids is 1. The molecule has 4 nitrogen and oxygen atoms in total. The van der Waals surface area contributed by atoms with Crippen LogP contribution in [-0.2, 0) is 9.59 Å². The zero-order chi connectivity index (χ0) is 12.9. The maximum absolute atomic E-state index is 12.1. The van der Waals surface area contributed by atoms with Gasteiger partial charge in [-0.1, -0.05) is 6.08 Å². The van der Waals surface area contributed by atoms with Crippen molar-refractivity contribution in [3.05, 3.63) is 12.7 Å². The summed E-state index contributed by atoms with van der Waals surface area (Å²) in [6.07, 6.45) is 5.66. The Balaban J connectivity index is 1.60. The highest BCUT2D eigenvalue weighted by Gasteiger charge is 2.67. The molecule has 98 valence electrons. The van der Waals surface area contributed by atoms with Gasteiger partial charge in [-0.05, 0) is 49.4 Å². The number of hydrogen-bond acceptors (Lipinski definition) is 2. The lowest BCUT2D eigenvalue weighted by atomic mass is 10.0. The van der Waals surface area contributed by atoms with Crippen LogP contribution in [0, 0.1) is 29.6 Å². The Morgan fingerprint density at radius 2 is 1.94 bits per heavy atom. The van der Waals surface area contributed by atoms with Gasteiger partial charge < -0.3 is 10.4 Å². The normalized spacial score (nSPS) is 41.0. The Morgan fingerprint density at radius 1 is 1.33 bits per heavy atom. The van der Waals surface area contributed by atoms with Gasteiger partial charge in [0, 0.05) is 5.92 Å². The fourth-order valence-electron chi connectivity index (χ4n) is 4.33. The number of carboxylic acid groups (broad SMARTS) is 1. The van der Waals surface area contributed by atoms with Crippen LogP contribution >= 0.6 is 0 Å². The molecular weight excluding hydrogens is 230 g/mol. The number of fused-ring (bicyclic) bond motifs is 5. The van der Waals surface area contributed by atoms with Crippen molar-refractivity contribution >= 4 is 11.9 Å². The van der Waals surface area contributed by atoms with Crippen LogP contribution in [0.25, 0.3) is 0 Å². The van der Waals surface area contributed by atoms with Gasteiger partial charge in [-0.2, -0.15) is 0 Å². The Labute approximate surface area is 106 Å². The van der Waals surface area contributed by atoms with Crippen LogP contribution in [0.1, 0.15) is 25.7 Å². The topological polar surface area (TPSA) is 66.4 Å². The smallest absolute Gasteiger partial charge is 0.326 e. The van der Waals surface area contributed by atoms with Crippen LogP contribution in [0.5, 0.6) is 0 Å². The second kappa shape index (κ2) is 4.11. The Bertz CT molecular complexity index is 390. The highest BCUT2D eigenvalue weighted by Crippen LogP contribution is 2.69. The molecule has 0 spiro atoms. The monoisotopic (exact) mass is 249 g/mol. The number of hydrogen-bond donors (Lipinski definition) is 2. The highest BCUT2D eigenvalue weighted by atomic mass is 16.4. The summed E-state index contributed by atoms with van der Waals surface area (Å²) in [5.41, 5.74) is 0. The van der Waals surface area contributed by atoms with Crippen molar-refractivity contribution in [2.45, 2.75) is 31.7 Å². The first-order chi connectivity index (χ1) is 8.63. The summed E-state index contributed by atoms with van der Waals surface area (Å²) in [5, 5.41) is 11.7. The summed E-state index contributed by atoms with van der Waals surface area (Å²) < 4.78 is 0. The molecule has 0 aromatic carbocycles. The van der Waals surface area contributed by atoms with Gasteiger partial charge in [0.1, 0.15) is 6.04 Å². The van der Waals surface area contributed by atoms with E-state index in [0.717, 1.165) is 11.8 Å². The molecule has 18 heavy (non-hydrogen) atoms. The lowest BCUT2D eigenvalue weighted by molar-refractivity contribution is -0.142. The minimum Gasteiger partial charge on any atom is -0.480 e. The molecule has 3 fully saturated rings. The minimum atomic E-state index is -0.975. The SMILES string of the molecule is C=CCC(NC(=O)C1C2C3CCC(C3)C12)C(=O)O. The molecule has 1 amide bonds. The van der Waals surface area contributed by atoms with Crippen LogP contribution in [0.3, 0.4) is 0 Å². The van der Waals surface area contributed by atoms with Gasteiger partial charge in [0.25, 0.3) is 0 Å². The summed E-state index contributed by atoms with van der Waals surface area (Å²) in [7, 11) is 0. The van der Waals surface area contributed by atoms with E-state index in [1.165, 1.54) is 25.3 Å². The first-order valence-corrected chi connectivity index (χ1v) is 6.77. The molecule has 0 aromatic heterocycles. The van der Waals surface area contributed by atoms with Crippen molar-refractivity contribution in [1.82, 2.24) is 5.32 Å². The Hall–Kier alpha value is -1.32. The van der Waals surface area contributed by atoms with Gasteiger partial charge in [0.05, 0.1) is 0 Å². The second-order valence-corrected chi connectivity index (χ2v) is 5.94. The van der Waals surface area contributed by atoms with E-state index in [9.17, 15) is 9.59 Å². The van der Waals surface area contributed by atoms with E-state index < -0.39 is 12.0 Å². The minimum absolute atomic E-state index is 0.0455. The van der Waals surface area contributed by atoms with Crippen LogP contribution in [-0.4, -0.2) is 23.0 Å². The van der Waals surface area contributed by atoms with Crippen molar-refractivity contribution in [3.8, 4) is 0 Å². The molecule has 4 heteroatoms. The van der Waals surface area contributed by atoms with E-state index in [1.807, 2.05) is 0 Å². The molecular formula is C14H19NO3. The fourth-order valence-corrected chi connectivity index (χ4v) is 4.33. The van der Waals surface area contributed by atoms with E-state index in [1.54, 1.807) is 0 Å². The van der Waals surface area contributed by atoms with E-state index in [-0.39, 0.29) is 18.2 Å². The molecule has 3 rings (SSSR count). The molecule has 2 bridgehead atoms. The number of rotatable bonds is 5. The predicted octanol–water partition coefficient (Wildman–Crippen LogP) is 1.42. The van der Waals surface area contributed by atoms with E-state index >= 15 is 0 Å². The maximum Gasteiger partial charge on any atom is 0.326 e. The summed E-state index contributed by atoms with van der Waals surface area (Å²) >= 11 is 0. The van der Waals surface area contributed by atoms with Gasteiger partial charge in [-0.25, -0.2) is 4.79 Å². The van der Waals surface area contributed by atoms with E-state index in [0.29, 0.717) is 11.8 Å². The van der Waals surface area contributed by atoms with Crippen molar-refractivity contribution in [2.24, 2.45) is 29.6 Å². The molecule has 3 aliphatic rings. The summed E-state index contributed by atoms with van der Waals surface area (Å²) in [4.78, 5) is 23.1. The first kappa shape index (κ1) is 11.8. The molecule has 3 saturated carbocycles. The van der Waals surface area contributed by atoms with Crippen LogP contribution < -0.4 is 5.32 Å². The molecule has 0 radical (unpaired) electrons. The van der Waals surface area contributed by atoms with Crippen molar-refractivity contribution in [2.75, 3.05) is 0 Å². The molecule has 5 atom stereocenters. The zero-order valence-electron chi connectivity index (χ0n) is 10.3. The van der Waals surface area contributed by atoms with Gasteiger partial charge >= 0.3 is 5.97 Å². The number of amides is 1. The lowest BCUT2D eigenvalue weighted by Crippen LogP contribution is -2.42. The summed E-state index contributed by atoms with van der Waals surface area (Å²) in [6, 6.07) is -0.811. The fraction of sp³-hybridized carbons (Fsp3) is 0.714. The molecule has 0 aliphatic heterocycles. The van der Waals surface area contributed by atoms with E-state index in [4.69, 9.17) is 5.11 Å². The average Bonchev–Trinajstić information content (AvgIpc) is 2.78. The number of aliphatic carboxylic acids is 1. The third kappa shape index (κ3) is 1.66. The molecule has 5 unspecified atom stereocenters. The average molecular weight is 249 g/mol. The summed E-state index contributed by atoms with van der Waals surface area (Å²) in [5.74, 6) is 1.66. The molecule has 0 heterocycles. The third-order valence-electron chi connectivity index (χ3n) is 5.06. The van der Waals surface area contributed by atoms with E-state index in [2.05, 4.69) is 11.9 Å².